The summed E-state index contributed by atoms with van der Waals surface area (Å²) in [4.78, 5) is 0.306. The van der Waals surface area contributed by atoms with Gasteiger partial charge < -0.3 is 10.1 Å². The molecule has 1 aromatic rings. The lowest BCUT2D eigenvalue weighted by Crippen LogP contribution is -2.37. The molecule has 0 aromatic heterocycles. The standard InChI is InChI=1S/C14H22N2O3S/c1-15-13-8-3-4-9-14(13)20(17,18)16(2)11-12-7-5-6-10-19-12/h3-4,8-9,12,15H,5-7,10-11H2,1-2H3. The highest BCUT2D eigenvalue weighted by atomic mass is 32.2. The van der Waals surface area contributed by atoms with E-state index in [4.69, 9.17) is 4.74 Å². The minimum atomic E-state index is -3.49. The molecule has 1 saturated heterocycles. The summed E-state index contributed by atoms with van der Waals surface area (Å²) in [5.41, 5.74) is 0.615. The first-order chi connectivity index (χ1) is 9.55. The van der Waals surface area contributed by atoms with Crippen molar-refractivity contribution in [3.63, 3.8) is 0 Å². The van der Waals surface area contributed by atoms with Crippen LogP contribution in [0.25, 0.3) is 0 Å². The molecular weight excluding hydrogens is 276 g/mol. The fourth-order valence-corrected chi connectivity index (χ4v) is 3.80. The lowest BCUT2D eigenvalue weighted by atomic mass is 10.1. The van der Waals surface area contributed by atoms with E-state index in [9.17, 15) is 8.42 Å². The van der Waals surface area contributed by atoms with Gasteiger partial charge in [-0.1, -0.05) is 12.1 Å². The van der Waals surface area contributed by atoms with Crippen LogP contribution in [0.1, 0.15) is 19.3 Å². The van der Waals surface area contributed by atoms with Crippen molar-refractivity contribution in [2.75, 3.05) is 32.6 Å². The minimum Gasteiger partial charge on any atom is -0.387 e. The number of sulfonamides is 1. The molecule has 1 aliphatic rings. The van der Waals surface area contributed by atoms with Gasteiger partial charge >= 0.3 is 0 Å². The Kier molecular flexibility index (Phi) is 5.01. The van der Waals surface area contributed by atoms with Gasteiger partial charge in [0.2, 0.25) is 10.0 Å². The van der Waals surface area contributed by atoms with E-state index >= 15 is 0 Å². The molecule has 0 saturated carbocycles. The van der Waals surface area contributed by atoms with Crippen LogP contribution in [0.2, 0.25) is 0 Å². The van der Waals surface area contributed by atoms with Crippen molar-refractivity contribution in [1.82, 2.24) is 4.31 Å². The van der Waals surface area contributed by atoms with Crippen molar-refractivity contribution in [2.45, 2.75) is 30.3 Å². The second-order valence-corrected chi connectivity index (χ2v) is 7.03. The van der Waals surface area contributed by atoms with Crippen molar-refractivity contribution in [1.29, 1.82) is 0 Å². The summed E-state index contributed by atoms with van der Waals surface area (Å²) in [6.07, 6.45) is 3.10. The zero-order valence-corrected chi connectivity index (χ0v) is 12.8. The number of nitrogens with zero attached hydrogens (tertiary/aromatic N) is 1. The van der Waals surface area contributed by atoms with Gasteiger partial charge in [-0.3, -0.25) is 0 Å². The molecule has 1 aliphatic heterocycles. The minimum absolute atomic E-state index is 0.00488. The predicted molar refractivity (Wildman–Crippen MR) is 79.4 cm³/mol. The maximum atomic E-state index is 12.6. The predicted octanol–water partition coefficient (Wildman–Crippen LogP) is 1.92. The Labute approximate surface area is 121 Å². The molecule has 1 heterocycles. The second kappa shape index (κ2) is 6.56. The molecule has 0 amide bonds. The monoisotopic (exact) mass is 298 g/mol. The first kappa shape index (κ1) is 15.3. The van der Waals surface area contributed by atoms with Crippen LogP contribution >= 0.6 is 0 Å². The van der Waals surface area contributed by atoms with Crippen LogP contribution in [-0.2, 0) is 14.8 Å². The molecule has 112 valence electrons. The number of para-hydroxylation sites is 1. The van der Waals surface area contributed by atoms with Gasteiger partial charge in [0.05, 0.1) is 11.8 Å². The number of nitrogens with one attached hydrogen (secondary N) is 1. The first-order valence-corrected chi connectivity index (χ1v) is 8.34. The molecule has 0 radical (unpaired) electrons. The van der Waals surface area contributed by atoms with E-state index in [1.807, 2.05) is 6.07 Å². The van der Waals surface area contributed by atoms with Gasteiger partial charge in [-0.25, -0.2) is 8.42 Å². The average molecular weight is 298 g/mol. The van der Waals surface area contributed by atoms with E-state index in [0.29, 0.717) is 17.1 Å². The summed E-state index contributed by atoms with van der Waals surface area (Å²) in [6, 6.07) is 6.94. The molecule has 6 heteroatoms. The summed E-state index contributed by atoms with van der Waals surface area (Å²) in [5, 5.41) is 2.92. The fourth-order valence-electron chi connectivity index (χ4n) is 2.40. The number of hydrogen-bond acceptors (Lipinski definition) is 4. The summed E-state index contributed by atoms with van der Waals surface area (Å²) in [7, 11) is -0.159. The molecule has 0 spiro atoms. The van der Waals surface area contributed by atoms with Gasteiger partial charge in [-0.05, 0) is 31.4 Å². The quantitative estimate of drug-likeness (QED) is 0.902. The van der Waals surface area contributed by atoms with E-state index < -0.39 is 10.0 Å². The smallest absolute Gasteiger partial charge is 0.244 e. The maximum absolute atomic E-state index is 12.6. The molecule has 20 heavy (non-hydrogen) atoms. The third-order valence-corrected chi connectivity index (χ3v) is 5.46. The van der Waals surface area contributed by atoms with Crippen LogP contribution < -0.4 is 5.32 Å². The van der Waals surface area contributed by atoms with E-state index in [2.05, 4.69) is 5.32 Å². The molecule has 1 fully saturated rings. The Bertz CT molecular complexity index is 539. The Morgan fingerprint density at radius 1 is 1.35 bits per heavy atom. The van der Waals surface area contributed by atoms with Gasteiger partial charge in [0.1, 0.15) is 4.90 Å². The number of ether oxygens (including phenoxy) is 1. The second-order valence-electron chi connectivity index (χ2n) is 5.02. The topological polar surface area (TPSA) is 58.6 Å². The molecule has 0 aliphatic carbocycles. The van der Waals surface area contributed by atoms with E-state index in [1.165, 1.54) is 4.31 Å². The maximum Gasteiger partial charge on any atom is 0.244 e. The van der Waals surface area contributed by atoms with E-state index in [1.54, 1.807) is 32.3 Å². The molecule has 0 bridgehead atoms. The largest absolute Gasteiger partial charge is 0.387 e. The number of likely N-dealkylation sites (N-methyl/N-ethyl adjacent to an activating group) is 1. The van der Waals surface area contributed by atoms with Crippen LogP contribution in [0.3, 0.4) is 0 Å². The molecule has 1 unspecified atom stereocenters. The Morgan fingerprint density at radius 2 is 2.10 bits per heavy atom. The lowest BCUT2D eigenvalue weighted by molar-refractivity contribution is 0.00859. The van der Waals surface area contributed by atoms with Crippen LogP contribution in [0, 0.1) is 0 Å². The highest BCUT2D eigenvalue weighted by Gasteiger charge is 2.26. The summed E-state index contributed by atoms with van der Waals surface area (Å²) < 4.78 is 32.2. The van der Waals surface area contributed by atoms with Gasteiger partial charge in [0.15, 0.2) is 0 Å². The number of benzene rings is 1. The molecular formula is C14H22N2O3S. The van der Waals surface area contributed by atoms with Crippen LogP contribution in [0.5, 0.6) is 0 Å². The van der Waals surface area contributed by atoms with Gasteiger partial charge in [0, 0.05) is 27.2 Å². The van der Waals surface area contributed by atoms with E-state index in [0.717, 1.165) is 25.9 Å². The number of rotatable bonds is 5. The molecule has 5 nitrogen and oxygen atoms in total. The Hall–Kier alpha value is -1.11. The number of anilines is 1. The van der Waals surface area contributed by atoms with Gasteiger partial charge in [-0.2, -0.15) is 4.31 Å². The van der Waals surface area contributed by atoms with Gasteiger partial charge in [0.25, 0.3) is 0 Å². The van der Waals surface area contributed by atoms with Crippen molar-refractivity contribution >= 4 is 15.7 Å². The Balaban J connectivity index is 2.16. The highest BCUT2D eigenvalue weighted by molar-refractivity contribution is 7.89. The van der Waals surface area contributed by atoms with Crippen molar-refractivity contribution < 1.29 is 13.2 Å². The van der Waals surface area contributed by atoms with Crippen molar-refractivity contribution in [3.8, 4) is 0 Å². The zero-order valence-electron chi connectivity index (χ0n) is 12.0. The zero-order chi connectivity index (χ0) is 14.6. The fraction of sp³-hybridized carbons (Fsp3) is 0.571. The third kappa shape index (κ3) is 3.31. The van der Waals surface area contributed by atoms with Crippen LogP contribution in [0.15, 0.2) is 29.2 Å². The van der Waals surface area contributed by atoms with Crippen molar-refractivity contribution in [2.24, 2.45) is 0 Å². The van der Waals surface area contributed by atoms with Crippen molar-refractivity contribution in [3.05, 3.63) is 24.3 Å². The molecule has 1 aromatic carbocycles. The van der Waals surface area contributed by atoms with Gasteiger partial charge in [-0.15, -0.1) is 0 Å². The highest BCUT2D eigenvalue weighted by Crippen LogP contribution is 2.24. The number of hydrogen-bond donors (Lipinski definition) is 1. The van der Waals surface area contributed by atoms with Crippen LogP contribution in [-0.4, -0.2) is 46.1 Å². The van der Waals surface area contributed by atoms with E-state index in [-0.39, 0.29) is 6.10 Å². The molecule has 1 atom stereocenters. The average Bonchev–Trinajstić information content (AvgIpc) is 2.48. The first-order valence-electron chi connectivity index (χ1n) is 6.90. The molecule has 1 N–H and O–H groups in total. The lowest BCUT2D eigenvalue weighted by Gasteiger charge is -2.27. The summed E-state index contributed by atoms with van der Waals surface area (Å²) in [6.45, 7) is 1.13. The van der Waals surface area contributed by atoms with Crippen LogP contribution in [0.4, 0.5) is 5.69 Å². The third-order valence-electron chi connectivity index (χ3n) is 3.58. The summed E-state index contributed by atoms with van der Waals surface area (Å²) in [5.74, 6) is 0. The molecule has 2 rings (SSSR count). The normalized spacial score (nSPS) is 20.1. The Morgan fingerprint density at radius 3 is 2.75 bits per heavy atom. The SMILES string of the molecule is CNc1ccccc1S(=O)(=O)N(C)CC1CCCCO1. The summed E-state index contributed by atoms with van der Waals surface area (Å²) >= 11 is 0.